The molecule has 3 heterocycles. The largest absolute Gasteiger partial charge is 0.344 e. The molecule has 3 N–H and O–H groups in total. The predicted molar refractivity (Wildman–Crippen MR) is 107 cm³/mol. The van der Waals surface area contributed by atoms with Crippen LogP contribution in [0, 0.1) is 0 Å². The second-order valence-corrected chi connectivity index (χ2v) is 7.71. The molecule has 0 radical (unpaired) electrons. The summed E-state index contributed by atoms with van der Waals surface area (Å²) in [5, 5.41) is 15.3. The number of fused-ring (bicyclic) bond motifs is 2. The van der Waals surface area contributed by atoms with Crippen molar-refractivity contribution < 1.29 is 9.59 Å². The van der Waals surface area contributed by atoms with Gasteiger partial charge >= 0.3 is 0 Å². The fourth-order valence-corrected chi connectivity index (χ4v) is 4.48. The third kappa shape index (κ3) is 2.86. The SMILES string of the molecule is O=C1CC[C@@H](C(=O)Nc2ccc3[nH]nc(-c4cc5ccccc5s4)c3c2)N1. The molecule has 1 aliphatic heterocycles. The van der Waals surface area contributed by atoms with Crippen LogP contribution < -0.4 is 10.6 Å². The standard InChI is InChI=1S/C20H16N4O2S/c25-18-8-7-15(22-18)20(26)21-12-5-6-14-13(10-12)19(24-23-14)17-9-11-3-1-2-4-16(11)27-17/h1-6,9-10,15H,7-8H2,(H,21,26)(H,22,25)(H,23,24)/t15-/m0/s1. The molecular formula is C20H16N4O2S. The summed E-state index contributed by atoms with van der Waals surface area (Å²) < 4.78 is 1.21. The molecular weight excluding hydrogens is 360 g/mol. The first-order valence-corrected chi connectivity index (χ1v) is 9.56. The summed E-state index contributed by atoms with van der Waals surface area (Å²) in [6.45, 7) is 0. The lowest BCUT2D eigenvalue weighted by Crippen LogP contribution is -2.37. The number of hydrogen-bond donors (Lipinski definition) is 3. The van der Waals surface area contributed by atoms with Crippen LogP contribution in [0.3, 0.4) is 0 Å². The number of aromatic amines is 1. The van der Waals surface area contributed by atoms with Crippen molar-refractivity contribution in [3.63, 3.8) is 0 Å². The number of nitrogens with zero attached hydrogens (tertiary/aromatic N) is 1. The van der Waals surface area contributed by atoms with E-state index in [0.29, 0.717) is 18.5 Å². The molecule has 1 saturated heterocycles. The van der Waals surface area contributed by atoms with Crippen LogP contribution in [-0.4, -0.2) is 28.1 Å². The zero-order chi connectivity index (χ0) is 18.4. The Bertz CT molecular complexity index is 1160. The fraction of sp³-hybridized carbons (Fsp3) is 0.150. The fourth-order valence-electron chi connectivity index (χ4n) is 3.42. The van der Waals surface area contributed by atoms with Crippen LogP contribution >= 0.6 is 11.3 Å². The highest BCUT2D eigenvalue weighted by molar-refractivity contribution is 7.22. The van der Waals surface area contributed by atoms with E-state index in [-0.39, 0.29) is 11.8 Å². The number of thiophene rings is 1. The van der Waals surface area contributed by atoms with Gasteiger partial charge in [-0.1, -0.05) is 18.2 Å². The van der Waals surface area contributed by atoms with Crippen molar-refractivity contribution in [2.75, 3.05) is 5.32 Å². The van der Waals surface area contributed by atoms with Crippen LogP contribution in [0.4, 0.5) is 5.69 Å². The number of benzene rings is 2. The van der Waals surface area contributed by atoms with Crippen LogP contribution in [-0.2, 0) is 9.59 Å². The predicted octanol–water partition coefficient (Wildman–Crippen LogP) is 3.66. The van der Waals surface area contributed by atoms with Gasteiger partial charge in [-0.15, -0.1) is 11.3 Å². The van der Waals surface area contributed by atoms with Crippen molar-refractivity contribution in [2.24, 2.45) is 0 Å². The van der Waals surface area contributed by atoms with Crippen molar-refractivity contribution >= 4 is 49.8 Å². The van der Waals surface area contributed by atoms with Crippen molar-refractivity contribution in [1.29, 1.82) is 0 Å². The maximum Gasteiger partial charge on any atom is 0.246 e. The van der Waals surface area contributed by atoms with Crippen molar-refractivity contribution in [3.05, 3.63) is 48.5 Å². The first-order valence-electron chi connectivity index (χ1n) is 8.75. The molecule has 2 amide bonds. The van der Waals surface area contributed by atoms with Gasteiger partial charge in [-0.25, -0.2) is 0 Å². The van der Waals surface area contributed by atoms with Crippen LogP contribution in [0.1, 0.15) is 12.8 Å². The Morgan fingerprint density at radius 3 is 2.89 bits per heavy atom. The number of amides is 2. The Morgan fingerprint density at radius 1 is 1.19 bits per heavy atom. The number of H-pyrrole nitrogens is 1. The zero-order valence-corrected chi connectivity index (χ0v) is 15.1. The van der Waals surface area contributed by atoms with E-state index in [1.165, 1.54) is 10.1 Å². The lowest BCUT2D eigenvalue weighted by atomic mass is 10.1. The highest BCUT2D eigenvalue weighted by Gasteiger charge is 2.27. The minimum absolute atomic E-state index is 0.0764. The quantitative estimate of drug-likeness (QED) is 0.510. The number of rotatable bonds is 3. The van der Waals surface area contributed by atoms with Crippen LogP contribution in [0.15, 0.2) is 48.5 Å². The number of nitrogens with one attached hydrogen (secondary N) is 3. The van der Waals surface area contributed by atoms with Gasteiger partial charge in [-0.05, 0) is 42.1 Å². The van der Waals surface area contributed by atoms with Gasteiger partial charge in [0.2, 0.25) is 11.8 Å². The third-order valence-electron chi connectivity index (χ3n) is 4.80. The van der Waals surface area contributed by atoms with E-state index in [1.807, 2.05) is 30.3 Å². The number of carbonyl (C=O) groups is 2. The van der Waals surface area contributed by atoms with Gasteiger partial charge in [0.15, 0.2) is 0 Å². The molecule has 134 valence electrons. The molecule has 7 heteroatoms. The van der Waals surface area contributed by atoms with Crippen molar-refractivity contribution in [1.82, 2.24) is 15.5 Å². The van der Waals surface area contributed by atoms with Gasteiger partial charge in [0, 0.05) is 22.2 Å². The maximum absolute atomic E-state index is 12.4. The molecule has 2 aromatic carbocycles. The molecule has 0 saturated carbocycles. The normalized spacial score (nSPS) is 16.7. The lowest BCUT2D eigenvalue weighted by molar-refractivity contribution is -0.122. The minimum Gasteiger partial charge on any atom is -0.344 e. The van der Waals surface area contributed by atoms with E-state index in [9.17, 15) is 9.59 Å². The number of hydrogen-bond acceptors (Lipinski definition) is 4. The molecule has 0 spiro atoms. The number of carbonyl (C=O) groups excluding carboxylic acids is 2. The number of anilines is 1. The molecule has 0 bridgehead atoms. The molecule has 1 fully saturated rings. The van der Waals surface area contributed by atoms with Gasteiger partial charge in [0.1, 0.15) is 11.7 Å². The summed E-state index contributed by atoms with van der Waals surface area (Å²) in [6, 6.07) is 15.6. The third-order valence-corrected chi connectivity index (χ3v) is 5.92. The topological polar surface area (TPSA) is 86.9 Å². The summed E-state index contributed by atoms with van der Waals surface area (Å²) in [6.07, 6.45) is 0.931. The molecule has 4 aromatic rings. The smallest absolute Gasteiger partial charge is 0.246 e. The zero-order valence-electron chi connectivity index (χ0n) is 14.3. The Hall–Kier alpha value is -3.19. The monoisotopic (exact) mass is 376 g/mol. The summed E-state index contributed by atoms with van der Waals surface area (Å²) >= 11 is 1.69. The summed E-state index contributed by atoms with van der Waals surface area (Å²) in [5.74, 6) is -0.264. The summed E-state index contributed by atoms with van der Waals surface area (Å²) in [4.78, 5) is 24.8. The van der Waals surface area contributed by atoms with Gasteiger partial charge in [-0.2, -0.15) is 5.10 Å². The van der Waals surface area contributed by atoms with E-state index in [2.05, 4.69) is 39.0 Å². The van der Waals surface area contributed by atoms with E-state index in [4.69, 9.17) is 0 Å². The maximum atomic E-state index is 12.4. The van der Waals surface area contributed by atoms with Gasteiger partial charge in [0.25, 0.3) is 0 Å². The molecule has 1 aliphatic rings. The van der Waals surface area contributed by atoms with Gasteiger partial charge in [0.05, 0.1) is 10.4 Å². The van der Waals surface area contributed by atoms with E-state index in [0.717, 1.165) is 21.5 Å². The van der Waals surface area contributed by atoms with Crippen LogP contribution in [0.2, 0.25) is 0 Å². The highest BCUT2D eigenvalue weighted by Crippen LogP contribution is 2.36. The Kier molecular flexibility index (Phi) is 3.68. The minimum atomic E-state index is -0.459. The number of aromatic nitrogens is 2. The molecule has 6 nitrogen and oxygen atoms in total. The van der Waals surface area contributed by atoms with Crippen LogP contribution in [0.25, 0.3) is 31.6 Å². The van der Waals surface area contributed by atoms with Gasteiger partial charge < -0.3 is 10.6 Å². The molecule has 0 aliphatic carbocycles. The Morgan fingerprint density at radius 2 is 2.07 bits per heavy atom. The van der Waals surface area contributed by atoms with Crippen molar-refractivity contribution in [2.45, 2.75) is 18.9 Å². The van der Waals surface area contributed by atoms with Crippen molar-refractivity contribution in [3.8, 4) is 10.6 Å². The Balaban J connectivity index is 1.49. The first kappa shape index (κ1) is 16.0. The second kappa shape index (κ2) is 6.21. The molecule has 2 aromatic heterocycles. The molecule has 27 heavy (non-hydrogen) atoms. The van der Waals surface area contributed by atoms with E-state index in [1.54, 1.807) is 11.3 Å². The molecule has 0 unspecified atom stereocenters. The lowest BCUT2D eigenvalue weighted by Gasteiger charge is -2.11. The molecule has 1 atom stereocenters. The first-order chi connectivity index (χ1) is 13.2. The average molecular weight is 376 g/mol. The Labute approximate surface area is 158 Å². The van der Waals surface area contributed by atoms with E-state index >= 15 is 0 Å². The highest BCUT2D eigenvalue weighted by atomic mass is 32.1. The summed E-state index contributed by atoms with van der Waals surface area (Å²) in [7, 11) is 0. The van der Waals surface area contributed by atoms with Gasteiger partial charge in [-0.3, -0.25) is 14.7 Å². The summed E-state index contributed by atoms with van der Waals surface area (Å²) in [5.41, 5.74) is 2.48. The second-order valence-electron chi connectivity index (χ2n) is 6.63. The molecule has 5 rings (SSSR count). The van der Waals surface area contributed by atoms with E-state index < -0.39 is 6.04 Å². The average Bonchev–Trinajstić information content (AvgIpc) is 3.38. The van der Waals surface area contributed by atoms with Crippen LogP contribution in [0.5, 0.6) is 0 Å².